The van der Waals surface area contributed by atoms with Gasteiger partial charge in [-0.05, 0) is 60.3 Å². The van der Waals surface area contributed by atoms with Crippen molar-refractivity contribution in [2.75, 3.05) is 6.54 Å². The Balaban J connectivity index is 1.85. The van der Waals surface area contributed by atoms with Crippen LogP contribution < -0.4 is 10.1 Å². The lowest BCUT2D eigenvalue weighted by Crippen LogP contribution is -2.12. The van der Waals surface area contributed by atoms with Crippen LogP contribution in [0.5, 0.6) is 5.75 Å². The summed E-state index contributed by atoms with van der Waals surface area (Å²) in [4.78, 5) is 0. The fourth-order valence-electron chi connectivity index (χ4n) is 2.32. The first-order valence-electron chi connectivity index (χ1n) is 7.52. The highest BCUT2D eigenvalue weighted by Gasteiger charge is 2.23. The molecule has 1 aliphatic rings. The molecule has 110 valence electrons. The van der Waals surface area contributed by atoms with Crippen LogP contribution in [0, 0.1) is 5.82 Å². The third-order valence-electron chi connectivity index (χ3n) is 3.63. The summed E-state index contributed by atoms with van der Waals surface area (Å²) in [6.45, 7) is 3.70. The van der Waals surface area contributed by atoms with Crippen LogP contribution in [0.2, 0.25) is 0 Å². The van der Waals surface area contributed by atoms with Gasteiger partial charge in [0.15, 0.2) is 0 Å². The molecule has 1 saturated carbocycles. The van der Waals surface area contributed by atoms with Crippen molar-refractivity contribution in [2.45, 2.75) is 32.4 Å². The van der Waals surface area contributed by atoms with Crippen molar-refractivity contribution in [1.29, 1.82) is 0 Å². The molecule has 21 heavy (non-hydrogen) atoms. The Labute approximate surface area is 125 Å². The predicted molar refractivity (Wildman–Crippen MR) is 82.9 cm³/mol. The standard InChI is InChI=1S/C18H20FNO/c1-2-20-12-14-3-6-15(19)11-18(14)13-4-7-16(8-5-13)21-17-9-10-17/h3-8,11,17,20H,2,9-10,12H2,1H3. The molecule has 0 amide bonds. The zero-order valence-electron chi connectivity index (χ0n) is 12.2. The topological polar surface area (TPSA) is 21.3 Å². The Kier molecular flexibility index (Phi) is 4.20. The second-order valence-electron chi connectivity index (χ2n) is 5.42. The molecule has 0 saturated heterocycles. The van der Waals surface area contributed by atoms with Crippen molar-refractivity contribution < 1.29 is 9.13 Å². The van der Waals surface area contributed by atoms with Crippen molar-refractivity contribution >= 4 is 0 Å². The first kappa shape index (κ1) is 14.1. The zero-order valence-corrected chi connectivity index (χ0v) is 12.2. The van der Waals surface area contributed by atoms with E-state index in [0.717, 1.165) is 48.4 Å². The highest BCUT2D eigenvalue weighted by Crippen LogP contribution is 2.30. The van der Waals surface area contributed by atoms with Gasteiger partial charge in [-0.25, -0.2) is 4.39 Å². The van der Waals surface area contributed by atoms with E-state index in [1.807, 2.05) is 30.3 Å². The highest BCUT2D eigenvalue weighted by molar-refractivity contribution is 5.68. The van der Waals surface area contributed by atoms with Crippen LogP contribution in [-0.4, -0.2) is 12.6 Å². The molecule has 0 unspecified atom stereocenters. The average Bonchev–Trinajstić information content (AvgIpc) is 3.31. The fraction of sp³-hybridized carbons (Fsp3) is 0.333. The van der Waals surface area contributed by atoms with E-state index in [0.29, 0.717) is 6.10 Å². The Bertz CT molecular complexity index is 605. The summed E-state index contributed by atoms with van der Waals surface area (Å²) in [6.07, 6.45) is 2.70. The monoisotopic (exact) mass is 285 g/mol. The van der Waals surface area contributed by atoms with E-state index in [1.165, 1.54) is 6.07 Å². The maximum Gasteiger partial charge on any atom is 0.123 e. The normalized spacial score (nSPS) is 14.2. The molecule has 0 bridgehead atoms. The number of rotatable bonds is 6. The summed E-state index contributed by atoms with van der Waals surface area (Å²) in [5, 5.41) is 3.29. The van der Waals surface area contributed by atoms with Gasteiger partial charge in [-0.1, -0.05) is 25.1 Å². The Morgan fingerprint density at radius 3 is 2.57 bits per heavy atom. The van der Waals surface area contributed by atoms with Gasteiger partial charge in [-0.15, -0.1) is 0 Å². The van der Waals surface area contributed by atoms with E-state index in [1.54, 1.807) is 6.07 Å². The second-order valence-corrected chi connectivity index (χ2v) is 5.42. The Morgan fingerprint density at radius 2 is 1.90 bits per heavy atom. The minimum atomic E-state index is -0.205. The lowest BCUT2D eigenvalue weighted by molar-refractivity contribution is 0.303. The Hall–Kier alpha value is -1.87. The number of nitrogens with one attached hydrogen (secondary N) is 1. The summed E-state index contributed by atoms with van der Waals surface area (Å²) in [6, 6.07) is 12.9. The van der Waals surface area contributed by atoms with Crippen molar-refractivity contribution in [3.05, 3.63) is 53.8 Å². The lowest BCUT2D eigenvalue weighted by atomic mass is 9.99. The molecule has 3 rings (SSSR count). The van der Waals surface area contributed by atoms with E-state index in [4.69, 9.17) is 4.74 Å². The van der Waals surface area contributed by atoms with Crippen molar-refractivity contribution in [3.63, 3.8) is 0 Å². The maximum atomic E-state index is 13.6. The maximum absolute atomic E-state index is 13.6. The molecular formula is C18H20FNO. The Morgan fingerprint density at radius 1 is 1.14 bits per heavy atom. The summed E-state index contributed by atoms with van der Waals surface area (Å²) < 4.78 is 19.3. The molecule has 0 atom stereocenters. The molecule has 1 N–H and O–H groups in total. The lowest BCUT2D eigenvalue weighted by Gasteiger charge is -2.11. The molecule has 2 aromatic carbocycles. The molecule has 0 spiro atoms. The average molecular weight is 285 g/mol. The van der Waals surface area contributed by atoms with Crippen LogP contribution in [0.3, 0.4) is 0 Å². The number of hydrogen-bond acceptors (Lipinski definition) is 2. The molecule has 0 aliphatic heterocycles. The molecule has 1 fully saturated rings. The first-order chi connectivity index (χ1) is 10.3. The fourth-order valence-corrected chi connectivity index (χ4v) is 2.32. The van der Waals surface area contributed by atoms with Crippen LogP contribution in [0.15, 0.2) is 42.5 Å². The summed E-state index contributed by atoms with van der Waals surface area (Å²) in [7, 11) is 0. The van der Waals surface area contributed by atoms with Crippen molar-refractivity contribution in [2.24, 2.45) is 0 Å². The minimum Gasteiger partial charge on any atom is -0.490 e. The van der Waals surface area contributed by atoms with E-state index in [9.17, 15) is 4.39 Å². The highest BCUT2D eigenvalue weighted by atomic mass is 19.1. The molecule has 0 radical (unpaired) electrons. The van der Waals surface area contributed by atoms with Crippen molar-refractivity contribution in [1.82, 2.24) is 5.32 Å². The van der Waals surface area contributed by atoms with E-state index in [2.05, 4.69) is 12.2 Å². The number of halogens is 1. The van der Waals surface area contributed by atoms with E-state index < -0.39 is 0 Å². The van der Waals surface area contributed by atoms with Gasteiger partial charge in [-0.3, -0.25) is 0 Å². The first-order valence-corrected chi connectivity index (χ1v) is 7.52. The summed E-state index contributed by atoms with van der Waals surface area (Å²) in [5.74, 6) is 0.689. The van der Waals surface area contributed by atoms with Crippen LogP contribution in [0.4, 0.5) is 4.39 Å². The SMILES string of the molecule is CCNCc1ccc(F)cc1-c1ccc(OC2CC2)cc1. The third-order valence-corrected chi connectivity index (χ3v) is 3.63. The van der Waals surface area contributed by atoms with Crippen LogP contribution >= 0.6 is 0 Å². The van der Waals surface area contributed by atoms with Gasteiger partial charge in [-0.2, -0.15) is 0 Å². The zero-order chi connectivity index (χ0) is 14.7. The predicted octanol–water partition coefficient (Wildman–Crippen LogP) is 4.14. The van der Waals surface area contributed by atoms with Gasteiger partial charge in [0.05, 0.1) is 6.10 Å². The summed E-state index contributed by atoms with van der Waals surface area (Å²) >= 11 is 0. The van der Waals surface area contributed by atoms with Crippen molar-refractivity contribution in [3.8, 4) is 16.9 Å². The quantitative estimate of drug-likeness (QED) is 0.861. The van der Waals surface area contributed by atoms with Gasteiger partial charge >= 0.3 is 0 Å². The van der Waals surface area contributed by atoms with Gasteiger partial charge in [0, 0.05) is 6.54 Å². The number of hydrogen-bond donors (Lipinski definition) is 1. The largest absolute Gasteiger partial charge is 0.490 e. The smallest absolute Gasteiger partial charge is 0.123 e. The molecular weight excluding hydrogens is 265 g/mol. The minimum absolute atomic E-state index is 0.205. The van der Waals surface area contributed by atoms with Crippen LogP contribution in [-0.2, 0) is 6.54 Å². The van der Waals surface area contributed by atoms with Gasteiger partial charge in [0.2, 0.25) is 0 Å². The molecule has 2 nitrogen and oxygen atoms in total. The van der Waals surface area contributed by atoms with Crippen LogP contribution in [0.1, 0.15) is 25.3 Å². The molecule has 0 heterocycles. The van der Waals surface area contributed by atoms with Gasteiger partial charge in [0.25, 0.3) is 0 Å². The number of benzene rings is 2. The third kappa shape index (κ3) is 3.61. The molecule has 2 aromatic rings. The molecule has 1 aliphatic carbocycles. The van der Waals surface area contributed by atoms with Gasteiger partial charge in [0.1, 0.15) is 11.6 Å². The number of ether oxygens (including phenoxy) is 1. The molecule has 3 heteroatoms. The van der Waals surface area contributed by atoms with Crippen LogP contribution in [0.25, 0.3) is 11.1 Å². The molecule has 0 aromatic heterocycles. The summed E-state index contributed by atoms with van der Waals surface area (Å²) in [5.41, 5.74) is 3.06. The van der Waals surface area contributed by atoms with E-state index >= 15 is 0 Å². The van der Waals surface area contributed by atoms with E-state index in [-0.39, 0.29) is 5.82 Å². The second kappa shape index (κ2) is 6.27. The van der Waals surface area contributed by atoms with Gasteiger partial charge < -0.3 is 10.1 Å².